The Morgan fingerprint density at radius 1 is 1.00 bits per heavy atom. The van der Waals surface area contributed by atoms with Crippen LogP contribution in [0.25, 0.3) is 17.2 Å². The summed E-state index contributed by atoms with van der Waals surface area (Å²) in [7, 11) is 0. The summed E-state index contributed by atoms with van der Waals surface area (Å²) >= 11 is 0. The van der Waals surface area contributed by atoms with E-state index in [4.69, 9.17) is 4.98 Å². The maximum Gasteiger partial charge on any atom is 0.158 e. The van der Waals surface area contributed by atoms with Gasteiger partial charge in [-0.1, -0.05) is 19.4 Å². The summed E-state index contributed by atoms with van der Waals surface area (Å²) in [5.74, 6) is 0.850. The summed E-state index contributed by atoms with van der Waals surface area (Å²) in [5, 5.41) is 4.45. The minimum absolute atomic E-state index is 0.657. The van der Waals surface area contributed by atoms with Crippen LogP contribution >= 0.6 is 0 Å². The molecular formula is C18H18N6. The second-order valence-corrected chi connectivity index (χ2v) is 5.64. The average molecular weight is 318 g/mol. The maximum absolute atomic E-state index is 4.77. The lowest BCUT2D eigenvalue weighted by Gasteiger charge is -2.07. The lowest BCUT2D eigenvalue weighted by atomic mass is 10.2. The molecule has 0 bridgehead atoms. The molecule has 0 atom stereocenters. The minimum atomic E-state index is 0.657. The van der Waals surface area contributed by atoms with Gasteiger partial charge in [0.2, 0.25) is 0 Å². The van der Waals surface area contributed by atoms with Gasteiger partial charge in [-0.15, -0.1) is 0 Å². The van der Waals surface area contributed by atoms with Crippen LogP contribution in [0, 0.1) is 0 Å². The molecule has 120 valence electrons. The van der Waals surface area contributed by atoms with Crippen LogP contribution in [0.5, 0.6) is 0 Å². The SMILES string of the molecule is CCCc1c(Cn2ccnc2-c2ccccn2)nc2cccnn12. The molecular weight excluding hydrogens is 300 g/mol. The van der Waals surface area contributed by atoms with E-state index in [-0.39, 0.29) is 0 Å². The van der Waals surface area contributed by atoms with Gasteiger partial charge in [0, 0.05) is 24.8 Å². The van der Waals surface area contributed by atoms with Gasteiger partial charge in [0.1, 0.15) is 5.69 Å². The predicted molar refractivity (Wildman–Crippen MR) is 91.5 cm³/mol. The molecule has 4 aromatic heterocycles. The summed E-state index contributed by atoms with van der Waals surface area (Å²) in [6, 6.07) is 9.75. The molecule has 0 aliphatic heterocycles. The van der Waals surface area contributed by atoms with Crippen LogP contribution in [-0.2, 0) is 13.0 Å². The molecule has 0 aliphatic rings. The smallest absolute Gasteiger partial charge is 0.158 e. The molecule has 6 heteroatoms. The summed E-state index contributed by atoms with van der Waals surface area (Å²) in [6.45, 7) is 2.83. The molecule has 4 rings (SSSR count). The topological polar surface area (TPSA) is 60.9 Å². The van der Waals surface area contributed by atoms with E-state index in [0.29, 0.717) is 6.54 Å². The van der Waals surface area contributed by atoms with E-state index in [9.17, 15) is 0 Å². The highest BCUT2D eigenvalue weighted by Gasteiger charge is 2.15. The van der Waals surface area contributed by atoms with Crippen molar-refractivity contribution in [2.45, 2.75) is 26.3 Å². The van der Waals surface area contributed by atoms with Gasteiger partial charge in [0.05, 0.1) is 17.9 Å². The monoisotopic (exact) mass is 318 g/mol. The fraction of sp³-hybridized carbons (Fsp3) is 0.222. The zero-order valence-corrected chi connectivity index (χ0v) is 13.5. The largest absolute Gasteiger partial charge is 0.324 e. The van der Waals surface area contributed by atoms with Crippen LogP contribution in [0.1, 0.15) is 24.7 Å². The quantitative estimate of drug-likeness (QED) is 0.567. The first-order valence-electron chi connectivity index (χ1n) is 8.11. The van der Waals surface area contributed by atoms with E-state index in [1.54, 1.807) is 18.6 Å². The molecule has 24 heavy (non-hydrogen) atoms. The third-order valence-electron chi connectivity index (χ3n) is 3.99. The summed E-state index contributed by atoms with van der Waals surface area (Å²) in [4.78, 5) is 13.6. The highest BCUT2D eigenvalue weighted by atomic mass is 15.3. The van der Waals surface area contributed by atoms with Crippen molar-refractivity contribution in [1.29, 1.82) is 0 Å². The molecule has 4 heterocycles. The molecule has 0 unspecified atom stereocenters. The second-order valence-electron chi connectivity index (χ2n) is 5.64. The van der Waals surface area contributed by atoms with Crippen LogP contribution in [0.15, 0.2) is 55.1 Å². The van der Waals surface area contributed by atoms with Crippen molar-refractivity contribution in [3.05, 3.63) is 66.5 Å². The zero-order valence-electron chi connectivity index (χ0n) is 13.5. The van der Waals surface area contributed by atoms with Gasteiger partial charge in [-0.3, -0.25) is 4.98 Å². The number of hydrogen-bond acceptors (Lipinski definition) is 4. The molecule has 0 radical (unpaired) electrons. The molecule has 4 aromatic rings. The Hall–Kier alpha value is -3.02. The Bertz CT molecular complexity index is 954. The molecule has 0 saturated carbocycles. The molecule has 0 aromatic carbocycles. The number of pyridine rings is 1. The zero-order chi connectivity index (χ0) is 16.4. The summed E-state index contributed by atoms with van der Waals surface area (Å²) in [6.07, 6.45) is 9.35. The van der Waals surface area contributed by atoms with Gasteiger partial charge in [0.25, 0.3) is 0 Å². The fourth-order valence-electron chi connectivity index (χ4n) is 2.92. The lowest BCUT2D eigenvalue weighted by Crippen LogP contribution is -2.06. The minimum Gasteiger partial charge on any atom is -0.324 e. The molecule has 0 saturated heterocycles. The van der Waals surface area contributed by atoms with E-state index in [2.05, 4.69) is 26.6 Å². The van der Waals surface area contributed by atoms with Crippen LogP contribution in [-0.4, -0.2) is 29.1 Å². The standard InChI is InChI=1S/C18H18N6/c1-2-6-16-15(22-17-8-5-10-21-24(16)17)13-23-12-11-20-18(23)14-7-3-4-9-19-14/h3-5,7-12H,2,6,13H2,1H3. The first-order chi connectivity index (χ1) is 11.9. The van der Waals surface area contributed by atoms with E-state index < -0.39 is 0 Å². The maximum atomic E-state index is 4.77. The predicted octanol–water partition coefficient (Wildman–Crippen LogP) is 2.99. The van der Waals surface area contributed by atoms with Gasteiger partial charge in [-0.25, -0.2) is 14.5 Å². The van der Waals surface area contributed by atoms with Crippen molar-refractivity contribution < 1.29 is 0 Å². The number of hydrogen-bond donors (Lipinski definition) is 0. The van der Waals surface area contributed by atoms with Crippen LogP contribution in [0.3, 0.4) is 0 Å². The van der Waals surface area contributed by atoms with Crippen molar-refractivity contribution >= 4 is 5.65 Å². The van der Waals surface area contributed by atoms with Gasteiger partial charge in [-0.05, 0) is 30.7 Å². The second kappa shape index (κ2) is 6.23. The number of rotatable bonds is 5. The number of nitrogens with zero attached hydrogens (tertiary/aromatic N) is 6. The molecule has 0 aliphatic carbocycles. The van der Waals surface area contributed by atoms with Crippen LogP contribution in [0.4, 0.5) is 0 Å². The van der Waals surface area contributed by atoms with Gasteiger partial charge in [0.15, 0.2) is 11.5 Å². The highest BCUT2D eigenvalue weighted by molar-refractivity contribution is 5.49. The Labute approximate surface area is 139 Å². The van der Waals surface area contributed by atoms with Crippen molar-refractivity contribution in [2.75, 3.05) is 0 Å². The molecule has 6 nitrogen and oxygen atoms in total. The summed E-state index contributed by atoms with van der Waals surface area (Å²) < 4.78 is 4.03. The summed E-state index contributed by atoms with van der Waals surface area (Å²) in [5.41, 5.74) is 3.94. The fourth-order valence-corrected chi connectivity index (χ4v) is 2.92. The third-order valence-corrected chi connectivity index (χ3v) is 3.99. The van der Waals surface area contributed by atoms with Gasteiger partial charge < -0.3 is 4.57 Å². The molecule has 0 amide bonds. The van der Waals surface area contributed by atoms with E-state index in [1.807, 2.05) is 41.0 Å². The Morgan fingerprint density at radius 3 is 2.79 bits per heavy atom. The van der Waals surface area contributed by atoms with Crippen molar-refractivity contribution in [3.8, 4) is 11.5 Å². The Kier molecular flexibility index (Phi) is 3.78. The lowest BCUT2D eigenvalue weighted by molar-refractivity contribution is 0.742. The van der Waals surface area contributed by atoms with E-state index >= 15 is 0 Å². The van der Waals surface area contributed by atoms with Gasteiger partial charge >= 0.3 is 0 Å². The van der Waals surface area contributed by atoms with E-state index in [1.165, 1.54) is 0 Å². The van der Waals surface area contributed by atoms with Crippen LogP contribution < -0.4 is 0 Å². The first-order valence-corrected chi connectivity index (χ1v) is 8.11. The van der Waals surface area contributed by atoms with E-state index in [0.717, 1.165) is 41.4 Å². The number of aromatic nitrogens is 6. The molecule has 0 N–H and O–H groups in total. The molecule has 0 spiro atoms. The molecule has 0 fully saturated rings. The normalized spacial score (nSPS) is 11.2. The Morgan fingerprint density at radius 2 is 1.96 bits per heavy atom. The van der Waals surface area contributed by atoms with Crippen molar-refractivity contribution in [2.24, 2.45) is 0 Å². The number of fused-ring (bicyclic) bond motifs is 1. The van der Waals surface area contributed by atoms with Crippen molar-refractivity contribution in [1.82, 2.24) is 29.1 Å². The highest BCUT2D eigenvalue weighted by Crippen LogP contribution is 2.19. The Balaban J connectivity index is 1.76. The first kappa shape index (κ1) is 14.6. The number of aryl methyl sites for hydroxylation is 1. The number of imidazole rings is 2. The van der Waals surface area contributed by atoms with Crippen LogP contribution in [0.2, 0.25) is 0 Å². The third kappa shape index (κ3) is 2.56. The van der Waals surface area contributed by atoms with Gasteiger partial charge in [-0.2, -0.15) is 5.10 Å². The average Bonchev–Trinajstić information content (AvgIpc) is 3.22. The van der Waals surface area contributed by atoms with Crippen molar-refractivity contribution in [3.63, 3.8) is 0 Å².